The number of aryl methyl sites for hydroxylation is 1. The van der Waals surface area contributed by atoms with Gasteiger partial charge in [0.1, 0.15) is 5.84 Å². The maximum Gasteiger partial charge on any atom is 0.269 e. The van der Waals surface area contributed by atoms with Crippen molar-refractivity contribution in [2.45, 2.75) is 12.8 Å². The molecule has 0 saturated heterocycles. The lowest BCUT2D eigenvalue weighted by atomic mass is 10.0. The fourth-order valence-electron chi connectivity index (χ4n) is 2.18. The highest BCUT2D eigenvalue weighted by atomic mass is 79.9. The fraction of sp³-hybridized carbons (Fsp3) is 0.125. The molecule has 1 amide bonds. The second kappa shape index (κ2) is 6.10. The van der Waals surface area contributed by atoms with Crippen LogP contribution in [0.4, 0.5) is 5.69 Å². The van der Waals surface area contributed by atoms with Crippen LogP contribution in [0, 0.1) is 0 Å². The third kappa shape index (κ3) is 3.31. The molecule has 21 heavy (non-hydrogen) atoms. The lowest BCUT2D eigenvalue weighted by Gasteiger charge is -2.17. The van der Waals surface area contributed by atoms with Crippen LogP contribution in [0.1, 0.15) is 22.3 Å². The zero-order chi connectivity index (χ0) is 14.7. The lowest BCUT2D eigenvalue weighted by Crippen LogP contribution is -2.42. The van der Waals surface area contributed by atoms with Crippen molar-refractivity contribution < 1.29 is 4.79 Å². The summed E-state index contributed by atoms with van der Waals surface area (Å²) in [7, 11) is 0. The van der Waals surface area contributed by atoms with Crippen LogP contribution in [-0.2, 0) is 6.42 Å². The number of amides is 1. The number of para-hydroxylation sites is 1. The van der Waals surface area contributed by atoms with Crippen molar-refractivity contribution in [1.82, 2.24) is 10.9 Å². The Balaban J connectivity index is 1.65. The van der Waals surface area contributed by atoms with Gasteiger partial charge in [-0.05, 0) is 42.3 Å². The van der Waals surface area contributed by atoms with E-state index in [0.717, 1.165) is 28.8 Å². The van der Waals surface area contributed by atoms with Crippen molar-refractivity contribution in [1.29, 1.82) is 0 Å². The lowest BCUT2D eigenvalue weighted by molar-refractivity contribution is 0.0943. The maximum atomic E-state index is 12.0. The Morgan fingerprint density at radius 3 is 2.62 bits per heavy atom. The van der Waals surface area contributed by atoms with Gasteiger partial charge >= 0.3 is 0 Å². The number of nitrogens with one attached hydrogen (secondary N) is 2. The normalized spacial score (nSPS) is 13.1. The summed E-state index contributed by atoms with van der Waals surface area (Å²) < 4.78 is 0.945. The van der Waals surface area contributed by atoms with Crippen molar-refractivity contribution in [3.05, 3.63) is 64.1 Å². The van der Waals surface area contributed by atoms with Gasteiger partial charge in [0.05, 0.1) is 5.69 Å². The number of hydrogen-bond donors (Lipinski definition) is 2. The van der Waals surface area contributed by atoms with E-state index < -0.39 is 0 Å². The average molecular weight is 344 g/mol. The summed E-state index contributed by atoms with van der Waals surface area (Å²) in [4.78, 5) is 16.5. The summed E-state index contributed by atoms with van der Waals surface area (Å²) in [6.07, 6.45) is 1.72. The first-order valence-electron chi connectivity index (χ1n) is 6.70. The predicted molar refractivity (Wildman–Crippen MR) is 86.6 cm³/mol. The van der Waals surface area contributed by atoms with Gasteiger partial charge in [-0.2, -0.15) is 0 Å². The van der Waals surface area contributed by atoms with E-state index in [9.17, 15) is 4.79 Å². The van der Waals surface area contributed by atoms with Crippen molar-refractivity contribution in [2.24, 2.45) is 4.99 Å². The van der Waals surface area contributed by atoms with E-state index >= 15 is 0 Å². The van der Waals surface area contributed by atoms with Gasteiger partial charge in [-0.3, -0.25) is 15.6 Å². The molecular weight excluding hydrogens is 330 g/mol. The number of fused-ring (bicyclic) bond motifs is 1. The zero-order valence-electron chi connectivity index (χ0n) is 11.3. The van der Waals surface area contributed by atoms with Crippen molar-refractivity contribution in [3.8, 4) is 0 Å². The summed E-state index contributed by atoms with van der Waals surface area (Å²) in [5, 5.41) is 0. The molecule has 5 heteroatoms. The molecule has 2 N–H and O–H groups in total. The molecular formula is C16H14BrN3O. The van der Waals surface area contributed by atoms with Crippen LogP contribution >= 0.6 is 15.9 Å². The van der Waals surface area contributed by atoms with Crippen LogP contribution in [0.5, 0.6) is 0 Å². The van der Waals surface area contributed by atoms with Crippen molar-refractivity contribution >= 4 is 33.4 Å². The van der Waals surface area contributed by atoms with E-state index in [-0.39, 0.29) is 5.91 Å². The minimum Gasteiger partial charge on any atom is -0.285 e. The van der Waals surface area contributed by atoms with Gasteiger partial charge in [-0.15, -0.1) is 0 Å². The van der Waals surface area contributed by atoms with Crippen LogP contribution in [0.3, 0.4) is 0 Å². The minimum atomic E-state index is -0.177. The standard InChI is InChI=1S/C16H14BrN3O/c17-13-8-5-12(6-9-13)16(21)20-19-15-10-7-11-3-1-2-4-14(11)18-15/h1-6,8-9H,7,10H2,(H,18,19)(H,20,21). The molecule has 1 heterocycles. The second-order valence-corrected chi connectivity index (χ2v) is 5.69. The van der Waals surface area contributed by atoms with Crippen molar-refractivity contribution in [2.75, 3.05) is 0 Å². The molecule has 0 aromatic heterocycles. The molecule has 4 nitrogen and oxygen atoms in total. The Labute approximate surface area is 131 Å². The number of carbonyl (C=O) groups excluding carboxylic acids is 1. The maximum absolute atomic E-state index is 12.0. The molecule has 106 valence electrons. The molecule has 3 rings (SSSR count). The SMILES string of the molecule is O=C(NNC1=Nc2ccccc2CC1)c1ccc(Br)cc1. The van der Waals surface area contributed by atoms with E-state index in [0.29, 0.717) is 5.56 Å². The first kappa shape index (κ1) is 13.8. The Bertz CT molecular complexity index is 695. The van der Waals surface area contributed by atoms with E-state index in [4.69, 9.17) is 0 Å². The number of hydrazine groups is 1. The van der Waals surface area contributed by atoms with Crippen molar-refractivity contribution in [3.63, 3.8) is 0 Å². The molecule has 1 aliphatic rings. The highest BCUT2D eigenvalue weighted by molar-refractivity contribution is 9.10. The number of nitrogens with zero attached hydrogens (tertiary/aromatic N) is 1. The van der Waals surface area contributed by atoms with E-state index in [2.05, 4.69) is 37.8 Å². The number of amidine groups is 1. The summed E-state index contributed by atoms with van der Waals surface area (Å²) in [5.74, 6) is 0.600. The van der Waals surface area contributed by atoms with E-state index in [1.165, 1.54) is 5.56 Å². The first-order chi connectivity index (χ1) is 10.2. The fourth-order valence-corrected chi connectivity index (χ4v) is 2.44. The summed E-state index contributed by atoms with van der Waals surface area (Å²) >= 11 is 3.35. The third-order valence-corrected chi connectivity index (χ3v) is 3.83. The largest absolute Gasteiger partial charge is 0.285 e. The van der Waals surface area contributed by atoms with Crippen LogP contribution in [0.2, 0.25) is 0 Å². The average Bonchev–Trinajstić information content (AvgIpc) is 2.53. The Morgan fingerprint density at radius 2 is 1.81 bits per heavy atom. The highest BCUT2D eigenvalue weighted by Gasteiger charge is 2.12. The van der Waals surface area contributed by atoms with Gasteiger partial charge in [0, 0.05) is 16.5 Å². The molecule has 2 aromatic carbocycles. The molecule has 0 radical (unpaired) electrons. The smallest absolute Gasteiger partial charge is 0.269 e. The van der Waals surface area contributed by atoms with Crippen LogP contribution in [0.15, 0.2) is 58.0 Å². The minimum absolute atomic E-state index is 0.177. The first-order valence-corrected chi connectivity index (χ1v) is 7.49. The number of aliphatic imine (C=N–C) groups is 1. The quantitative estimate of drug-likeness (QED) is 0.780. The molecule has 0 atom stereocenters. The number of halogens is 1. The molecule has 0 saturated carbocycles. The van der Waals surface area contributed by atoms with Gasteiger partial charge in [0.25, 0.3) is 5.91 Å². The number of hydrogen-bond acceptors (Lipinski definition) is 3. The van der Waals surface area contributed by atoms with Crippen LogP contribution < -0.4 is 10.9 Å². The van der Waals surface area contributed by atoms with Gasteiger partial charge in [0.15, 0.2) is 0 Å². The number of rotatable bonds is 1. The van der Waals surface area contributed by atoms with E-state index in [1.807, 2.05) is 30.3 Å². The monoisotopic (exact) mass is 343 g/mol. The number of benzene rings is 2. The van der Waals surface area contributed by atoms with Crippen LogP contribution in [0.25, 0.3) is 0 Å². The Hall–Kier alpha value is -2.14. The topological polar surface area (TPSA) is 53.5 Å². The summed E-state index contributed by atoms with van der Waals surface area (Å²) in [6, 6.07) is 15.2. The van der Waals surface area contributed by atoms with Gasteiger partial charge in [-0.25, -0.2) is 4.99 Å². The molecule has 0 bridgehead atoms. The second-order valence-electron chi connectivity index (χ2n) is 4.77. The number of carbonyl (C=O) groups is 1. The highest BCUT2D eigenvalue weighted by Crippen LogP contribution is 2.24. The predicted octanol–water partition coefficient (Wildman–Crippen LogP) is 3.36. The van der Waals surface area contributed by atoms with E-state index in [1.54, 1.807) is 12.1 Å². The van der Waals surface area contributed by atoms with Gasteiger partial charge < -0.3 is 0 Å². The Kier molecular flexibility index (Phi) is 4.01. The zero-order valence-corrected chi connectivity index (χ0v) is 12.9. The van der Waals surface area contributed by atoms with Gasteiger partial charge in [-0.1, -0.05) is 34.1 Å². The third-order valence-electron chi connectivity index (χ3n) is 3.30. The van der Waals surface area contributed by atoms with Crippen LogP contribution in [-0.4, -0.2) is 11.7 Å². The summed E-state index contributed by atoms with van der Waals surface area (Å²) in [6.45, 7) is 0. The molecule has 0 aliphatic carbocycles. The molecule has 0 fully saturated rings. The Morgan fingerprint density at radius 1 is 1.05 bits per heavy atom. The molecule has 1 aliphatic heterocycles. The molecule has 2 aromatic rings. The molecule has 0 spiro atoms. The summed E-state index contributed by atoms with van der Waals surface area (Å²) in [5.41, 5.74) is 8.40. The molecule has 0 unspecified atom stereocenters. The van der Waals surface area contributed by atoms with Gasteiger partial charge in [0.2, 0.25) is 0 Å².